The highest BCUT2D eigenvalue weighted by molar-refractivity contribution is 6.01. The molecule has 2 aromatic heterocycles. The number of aromatic nitrogens is 3. The molecule has 0 bridgehead atoms. The van der Waals surface area contributed by atoms with Gasteiger partial charge < -0.3 is 10.1 Å². The largest absolute Gasteiger partial charge is 0.487 e. The lowest BCUT2D eigenvalue weighted by Crippen LogP contribution is -2.08. The number of pyridine rings is 1. The fraction of sp³-hybridized carbons (Fsp3) is 0.0800. The number of hydrogen-bond donors (Lipinski definition) is 1. The van der Waals surface area contributed by atoms with Gasteiger partial charge in [0.2, 0.25) is 5.91 Å². The van der Waals surface area contributed by atoms with Gasteiger partial charge in [0.1, 0.15) is 12.4 Å². The monoisotopic (exact) mass is 410 g/mol. The zero-order chi connectivity index (χ0) is 21.3. The van der Waals surface area contributed by atoms with E-state index in [2.05, 4.69) is 15.4 Å². The molecule has 4 rings (SSSR count). The summed E-state index contributed by atoms with van der Waals surface area (Å²) in [4.78, 5) is 16.5. The molecule has 2 heterocycles. The van der Waals surface area contributed by atoms with Crippen LogP contribution in [0.4, 0.5) is 5.69 Å². The van der Waals surface area contributed by atoms with Gasteiger partial charge in [0, 0.05) is 30.4 Å². The Balaban J connectivity index is 1.29. The van der Waals surface area contributed by atoms with Gasteiger partial charge in [-0.05, 0) is 59.7 Å². The minimum Gasteiger partial charge on any atom is -0.487 e. The van der Waals surface area contributed by atoms with E-state index in [0.29, 0.717) is 13.2 Å². The standard InChI is InChI=1S/C25H22N4O2/c30-25(28-22-7-3-5-21(17-22)18-29-16-4-15-27-29)13-10-20-8-11-24(12-9-20)31-19-23-6-1-2-14-26-23/h1-17H,18-19H2,(H,28,30)/b13-10+. The summed E-state index contributed by atoms with van der Waals surface area (Å²) in [6.45, 7) is 1.07. The predicted molar refractivity (Wildman–Crippen MR) is 120 cm³/mol. The van der Waals surface area contributed by atoms with Crippen molar-refractivity contribution in [2.75, 3.05) is 5.32 Å². The predicted octanol–water partition coefficient (Wildman–Crippen LogP) is 4.56. The lowest BCUT2D eigenvalue weighted by atomic mass is 10.2. The first-order valence-corrected chi connectivity index (χ1v) is 9.93. The first-order valence-electron chi connectivity index (χ1n) is 9.93. The summed E-state index contributed by atoms with van der Waals surface area (Å²) in [7, 11) is 0. The molecule has 0 saturated carbocycles. The lowest BCUT2D eigenvalue weighted by molar-refractivity contribution is -0.111. The number of nitrogens with one attached hydrogen (secondary N) is 1. The fourth-order valence-corrected chi connectivity index (χ4v) is 3.00. The molecule has 4 aromatic rings. The summed E-state index contributed by atoms with van der Waals surface area (Å²) >= 11 is 0. The van der Waals surface area contributed by atoms with Crippen molar-refractivity contribution in [3.05, 3.63) is 114 Å². The van der Waals surface area contributed by atoms with Gasteiger partial charge in [0.05, 0.1) is 12.2 Å². The molecule has 0 aliphatic carbocycles. The first-order chi connectivity index (χ1) is 15.2. The van der Waals surface area contributed by atoms with Crippen molar-refractivity contribution in [2.24, 2.45) is 0 Å². The molecule has 0 unspecified atom stereocenters. The number of rotatable bonds is 8. The summed E-state index contributed by atoms with van der Waals surface area (Å²) < 4.78 is 7.57. The summed E-state index contributed by atoms with van der Waals surface area (Å²) in [5, 5.41) is 7.10. The van der Waals surface area contributed by atoms with Crippen molar-refractivity contribution >= 4 is 17.7 Å². The maximum absolute atomic E-state index is 12.3. The molecule has 1 N–H and O–H groups in total. The van der Waals surface area contributed by atoms with E-state index < -0.39 is 0 Å². The molecule has 2 aromatic carbocycles. The number of nitrogens with zero attached hydrogens (tertiary/aromatic N) is 3. The van der Waals surface area contributed by atoms with Crippen molar-refractivity contribution in [1.82, 2.24) is 14.8 Å². The van der Waals surface area contributed by atoms with Crippen LogP contribution in [-0.2, 0) is 17.9 Å². The number of anilines is 1. The average molecular weight is 410 g/mol. The minimum atomic E-state index is -0.188. The van der Waals surface area contributed by atoms with Gasteiger partial charge in [-0.3, -0.25) is 14.5 Å². The number of benzene rings is 2. The number of carbonyl (C=O) groups excluding carboxylic acids is 1. The third kappa shape index (κ3) is 6.14. The van der Waals surface area contributed by atoms with Gasteiger partial charge >= 0.3 is 0 Å². The molecule has 6 heteroatoms. The average Bonchev–Trinajstić information content (AvgIpc) is 3.31. The molecule has 154 valence electrons. The van der Waals surface area contributed by atoms with Gasteiger partial charge in [-0.2, -0.15) is 5.10 Å². The Morgan fingerprint density at radius 2 is 1.90 bits per heavy atom. The van der Waals surface area contributed by atoms with Crippen molar-refractivity contribution in [3.63, 3.8) is 0 Å². The second-order valence-electron chi connectivity index (χ2n) is 6.91. The Kier molecular flexibility index (Phi) is 6.50. The van der Waals surface area contributed by atoms with Crippen LogP contribution >= 0.6 is 0 Å². The SMILES string of the molecule is O=C(/C=C/c1ccc(OCc2ccccn2)cc1)Nc1cccc(Cn2cccn2)c1. The van der Waals surface area contributed by atoms with Crippen LogP contribution in [0.15, 0.2) is 97.5 Å². The highest BCUT2D eigenvalue weighted by Crippen LogP contribution is 2.15. The van der Waals surface area contributed by atoms with E-state index in [9.17, 15) is 4.79 Å². The summed E-state index contributed by atoms with van der Waals surface area (Å²) in [5.41, 5.74) is 3.59. The molecular formula is C25H22N4O2. The minimum absolute atomic E-state index is 0.188. The molecule has 0 radical (unpaired) electrons. The third-order valence-electron chi connectivity index (χ3n) is 4.52. The van der Waals surface area contributed by atoms with E-state index in [-0.39, 0.29) is 5.91 Å². The van der Waals surface area contributed by atoms with Gasteiger partial charge in [0.15, 0.2) is 0 Å². The Morgan fingerprint density at radius 3 is 2.68 bits per heavy atom. The Hall–Kier alpha value is -4.19. The highest BCUT2D eigenvalue weighted by atomic mass is 16.5. The molecule has 0 saturated heterocycles. The molecule has 1 amide bonds. The van der Waals surface area contributed by atoms with Crippen molar-refractivity contribution < 1.29 is 9.53 Å². The molecule has 0 fully saturated rings. The zero-order valence-electron chi connectivity index (χ0n) is 16.9. The van der Waals surface area contributed by atoms with Gasteiger partial charge in [-0.15, -0.1) is 0 Å². The van der Waals surface area contributed by atoms with Crippen molar-refractivity contribution in [2.45, 2.75) is 13.2 Å². The molecule has 0 aliphatic rings. The van der Waals surface area contributed by atoms with Crippen LogP contribution in [0.5, 0.6) is 5.75 Å². The van der Waals surface area contributed by atoms with E-state index in [4.69, 9.17) is 4.74 Å². The van der Waals surface area contributed by atoms with Gasteiger partial charge in [-0.1, -0.05) is 30.3 Å². The van der Waals surface area contributed by atoms with Crippen LogP contribution in [0.1, 0.15) is 16.8 Å². The molecular weight excluding hydrogens is 388 g/mol. The molecule has 31 heavy (non-hydrogen) atoms. The van der Waals surface area contributed by atoms with Gasteiger partial charge in [-0.25, -0.2) is 0 Å². The quantitative estimate of drug-likeness (QED) is 0.433. The molecule has 0 aliphatic heterocycles. The van der Waals surface area contributed by atoms with Crippen LogP contribution in [0.25, 0.3) is 6.08 Å². The van der Waals surface area contributed by atoms with E-state index >= 15 is 0 Å². The number of carbonyl (C=O) groups is 1. The van der Waals surface area contributed by atoms with Crippen molar-refractivity contribution in [1.29, 1.82) is 0 Å². The third-order valence-corrected chi connectivity index (χ3v) is 4.52. The Morgan fingerprint density at radius 1 is 1.00 bits per heavy atom. The van der Waals surface area contributed by atoms with Crippen LogP contribution in [-0.4, -0.2) is 20.7 Å². The summed E-state index contributed by atoms with van der Waals surface area (Å²) in [5.74, 6) is 0.563. The van der Waals surface area contributed by atoms with Gasteiger partial charge in [0.25, 0.3) is 0 Å². The second kappa shape index (κ2) is 10.0. The van der Waals surface area contributed by atoms with Crippen LogP contribution in [0, 0.1) is 0 Å². The number of hydrogen-bond acceptors (Lipinski definition) is 4. The summed E-state index contributed by atoms with van der Waals surface area (Å²) in [6.07, 6.45) is 8.68. The highest BCUT2D eigenvalue weighted by Gasteiger charge is 2.02. The van der Waals surface area contributed by atoms with E-state index in [1.165, 1.54) is 6.08 Å². The molecule has 0 spiro atoms. The van der Waals surface area contributed by atoms with Crippen molar-refractivity contribution in [3.8, 4) is 5.75 Å². The Labute approximate surface area is 180 Å². The van der Waals surface area contributed by atoms with E-state index in [0.717, 1.165) is 28.3 Å². The van der Waals surface area contributed by atoms with Crippen LogP contribution in [0.2, 0.25) is 0 Å². The zero-order valence-corrected chi connectivity index (χ0v) is 16.9. The number of amides is 1. The van der Waals surface area contributed by atoms with E-state index in [1.54, 1.807) is 18.5 Å². The second-order valence-corrected chi connectivity index (χ2v) is 6.91. The smallest absolute Gasteiger partial charge is 0.248 e. The Bertz CT molecular complexity index is 1140. The first kappa shape index (κ1) is 20.1. The van der Waals surface area contributed by atoms with Crippen LogP contribution < -0.4 is 10.1 Å². The topological polar surface area (TPSA) is 69.0 Å². The van der Waals surface area contributed by atoms with Crippen LogP contribution in [0.3, 0.4) is 0 Å². The maximum atomic E-state index is 12.3. The lowest BCUT2D eigenvalue weighted by Gasteiger charge is -2.07. The number of ether oxygens (including phenoxy) is 1. The fourth-order valence-electron chi connectivity index (χ4n) is 3.00. The molecule has 6 nitrogen and oxygen atoms in total. The molecule has 0 atom stereocenters. The normalized spacial score (nSPS) is 10.8. The maximum Gasteiger partial charge on any atom is 0.248 e. The summed E-state index contributed by atoms with van der Waals surface area (Å²) in [6, 6.07) is 22.9. The van der Waals surface area contributed by atoms with E-state index in [1.807, 2.05) is 83.7 Å².